The van der Waals surface area contributed by atoms with E-state index < -0.39 is 12.3 Å². The van der Waals surface area contributed by atoms with Crippen molar-refractivity contribution in [1.82, 2.24) is 0 Å². The highest BCUT2D eigenvalue weighted by molar-refractivity contribution is 5.87. The fourth-order valence-corrected chi connectivity index (χ4v) is 1.15. The molecule has 0 spiro atoms. The van der Waals surface area contributed by atoms with Crippen LogP contribution < -0.4 is 0 Å². The summed E-state index contributed by atoms with van der Waals surface area (Å²) in [6.45, 7) is -0.288. The zero-order chi connectivity index (χ0) is 13.5. The van der Waals surface area contributed by atoms with E-state index in [0.717, 1.165) is 6.08 Å². The highest BCUT2D eigenvalue weighted by atomic mass is 16.6. The van der Waals surface area contributed by atoms with Crippen molar-refractivity contribution in [2.45, 2.75) is 12.7 Å². The Bertz CT molecular complexity index is 440. The van der Waals surface area contributed by atoms with Crippen molar-refractivity contribution in [3.8, 4) is 11.5 Å². The molecule has 4 N–H and O–H groups in total. The number of phenolic OH excluding ortho intramolecular Hbond substituents is 2. The molecule has 0 fully saturated rings. The molecule has 0 aliphatic rings. The van der Waals surface area contributed by atoms with Gasteiger partial charge >= 0.3 is 5.97 Å². The molecule has 1 rings (SSSR count). The van der Waals surface area contributed by atoms with Gasteiger partial charge in [-0.25, -0.2) is 4.79 Å². The van der Waals surface area contributed by atoms with E-state index in [-0.39, 0.29) is 24.5 Å². The van der Waals surface area contributed by atoms with E-state index in [1.807, 2.05) is 0 Å². The Morgan fingerprint density at radius 1 is 1.33 bits per heavy atom. The molecule has 18 heavy (non-hydrogen) atoms. The first-order valence-corrected chi connectivity index (χ1v) is 5.22. The first kappa shape index (κ1) is 14.0. The van der Waals surface area contributed by atoms with Gasteiger partial charge in [0.05, 0.1) is 0 Å². The summed E-state index contributed by atoms with van der Waals surface area (Å²) >= 11 is 0. The maximum Gasteiger partial charge on any atom is 0.333 e. The van der Waals surface area contributed by atoms with Crippen molar-refractivity contribution in [3.63, 3.8) is 0 Å². The topological polar surface area (TPSA) is 107 Å². The molecule has 0 saturated heterocycles. The van der Waals surface area contributed by atoms with Crippen LogP contribution in [0, 0.1) is 0 Å². The van der Waals surface area contributed by atoms with Crippen LogP contribution in [0.25, 0.3) is 6.08 Å². The van der Waals surface area contributed by atoms with Crippen LogP contribution in [-0.4, -0.2) is 39.3 Å². The van der Waals surface area contributed by atoms with E-state index in [9.17, 15) is 9.90 Å². The van der Waals surface area contributed by atoms with Crippen LogP contribution in [0.1, 0.15) is 12.0 Å². The van der Waals surface area contributed by atoms with Gasteiger partial charge in [0.15, 0.2) is 11.5 Å². The summed E-state index contributed by atoms with van der Waals surface area (Å²) in [5, 5.41) is 35.9. The Labute approximate surface area is 103 Å². The highest BCUT2D eigenvalue weighted by Crippen LogP contribution is 2.25. The molecule has 6 nitrogen and oxygen atoms in total. The lowest BCUT2D eigenvalue weighted by Gasteiger charge is -2.08. The second kappa shape index (κ2) is 6.63. The average Bonchev–Trinajstić information content (AvgIpc) is 2.31. The maximum atomic E-state index is 11.2. The van der Waals surface area contributed by atoms with Crippen LogP contribution in [0.3, 0.4) is 0 Å². The number of aliphatic hydroxyl groups excluding tert-OH is 2. The number of benzene rings is 1. The number of carbonyl (C=O) groups is 1. The molecule has 0 amide bonds. The summed E-state index contributed by atoms with van der Waals surface area (Å²) < 4.78 is 4.52. The molecule has 1 atom stereocenters. The SMILES string of the molecule is O=C(C=Cc1ccc(O)c(O)c1)OC(O)CCO. The summed E-state index contributed by atoms with van der Waals surface area (Å²) in [7, 11) is 0. The van der Waals surface area contributed by atoms with Crippen LogP contribution >= 0.6 is 0 Å². The van der Waals surface area contributed by atoms with Crippen molar-refractivity contribution in [2.75, 3.05) is 6.61 Å². The monoisotopic (exact) mass is 254 g/mol. The fraction of sp³-hybridized carbons (Fsp3) is 0.250. The van der Waals surface area contributed by atoms with E-state index in [4.69, 9.17) is 15.3 Å². The standard InChI is InChI=1S/C12H14O6/c13-6-5-12(17)18-11(16)4-2-8-1-3-9(14)10(15)7-8/h1-4,7,12-15,17H,5-6H2. The third-order valence-corrected chi connectivity index (χ3v) is 2.04. The Morgan fingerprint density at radius 3 is 2.67 bits per heavy atom. The van der Waals surface area contributed by atoms with E-state index >= 15 is 0 Å². The summed E-state index contributed by atoms with van der Waals surface area (Å²) in [5.41, 5.74) is 0.485. The lowest BCUT2D eigenvalue weighted by molar-refractivity contribution is -0.163. The van der Waals surface area contributed by atoms with E-state index in [1.165, 1.54) is 24.3 Å². The third kappa shape index (κ3) is 4.44. The van der Waals surface area contributed by atoms with Gasteiger partial charge in [-0.05, 0) is 23.8 Å². The molecule has 0 heterocycles. The molecule has 6 heteroatoms. The van der Waals surface area contributed by atoms with Crippen LogP contribution in [-0.2, 0) is 9.53 Å². The van der Waals surface area contributed by atoms with Gasteiger partial charge in [-0.15, -0.1) is 0 Å². The molecule has 0 radical (unpaired) electrons. The number of phenols is 2. The normalized spacial score (nSPS) is 12.6. The number of ether oxygens (including phenoxy) is 1. The van der Waals surface area contributed by atoms with Crippen molar-refractivity contribution in [2.24, 2.45) is 0 Å². The fourth-order valence-electron chi connectivity index (χ4n) is 1.15. The third-order valence-electron chi connectivity index (χ3n) is 2.04. The molecular weight excluding hydrogens is 240 g/mol. The van der Waals surface area contributed by atoms with Crippen LogP contribution in [0.5, 0.6) is 11.5 Å². The minimum Gasteiger partial charge on any atom is -0.504 e. The Hall–Kier alpha value is -2.05. The summed E-state index contributed by atoms with van der Waals surface area (Å²) in [5.74, 6) is -1.33. The number of carbonyl (C=O) groups excluding carboxylic acids is 1. The number of hydrogen-bond acceptors (Lipinski definition) is 6. The second-order valence-electron chi connectivity index (χ2n) is 3.49. The van der Waals surface area contributed by atoms with E-state index in [1.54, 1.807) is 0 Å². The number of esters is 1. The van der Waals surface area contributed by atoms with Gasteiger partial charge in [0.25, 0.3) is 0 Å². The van der Waals surface area contributed by atoms with Crippen LogP contribution in [0.2, 0.25) is 0 Å². The molecular formula is C12H14O6. The maximum absolute atomic E-state index is 11.2. The Morgan fingerprint density at radius 2 is 2.06 bits per heavy atom. The van der Waals surface area contributed by atoms with Gasteiger partial charge in [-0.2, -0.15) is 0 Å². The molecule has 0 bridgehead atoms. The smallest absolute Gasteiger partial charge is 0.333 e. The molecule has 0 saturated carbocycles. The Kier molecular flexibility index (Phi) is 5.16. The molecule has 1 aromatic carbocycles. The molecule has 0 aromatic heterocycles. The lowest BCUT2D eigenvalue weighted by Crippen LogP contribution is -2.17. The van der Waals surface area contributed by atoms with E-state index in [2.05, 4.69) is 4.74 Å². The summed E-state index contributed by atoms with van der Waals surface area (Å²) in [6, 6.07) is 4.03. The minimum atomic E-state index is -1.35. The first-order valence-electron chi connectivity index (χ1n) is 5.22. The Balaban J connectivity index is 2.58. The molecule has 0 aliphatic heterocycles. The number of hydrogen-bond donors (Lipinski definition) is 4. The van der Waals surface area contributed by atoms with Crippen LogP contribution in [0.15, 0.2) is 24.3 Å². The van der Waals surface area contributed by atoms with Gasteiger partial charge in [0.1, 0.15) is 0 Å². The zero-order valence-electron chi connectivity index (χ0n) is 9.48. The zero-order valence-corrected chi connectivity index (χ0v) is 9.48. The van der Waals surface area contributed by atoms with Gasteiger partial charge < -0.3 is 25.2 Å². The molecule has 1 aromatic rings. The van der Waals surface area contributed by atoms with Gasteiger partial charge in [-0.1, -0.05) is 6.07 Å². The van der Waals surface area contributed by atoms with Crippen molar-refractivity contribution in [3.05, 3.63) is 29.8 Å². The molecule has 1 unspecified atom stereocenters. The quantitative estimate of drug-likeness (QED) is 0.261. The second-order valence-corrected chi connectivity index (χ2v) is 3.49. The molecule has 98 valence electrons. The van der Waals surface area contributed by atoms with Gasteiger partial charge in [0, 0.05) is 19.1 Å². The first-order chi connectivity index (χ1) is 8.52. The van der Waals surface area contributed by atoms with E-state index in [0.29, 0.717) is 5.56 Å². The number of rotatable bonds is 5. The average molecular weight is 254 g/mol. The molecule has 0 aliphatic carbocycles. The number of aliphatic hydroxyl groups is 2. The predicted molar refractivity (Wildman–Crippen MR) is 62.6 cm³/mol. The highest BCUT2D eigenvalue weighted by Gasteiger charge is 2.07. The largest absolute Gasteiger partial charge is 0.504 e. The van der Waals surface area contributed by atoms with Gasteiger partial charge in [0.2, 0.25) is 6.29 Å². The van der Waals surface area contributed by atoms with Crippen LogP contribution in [0.4, 0.5) is 0 Å². The van der Waals surface area contributed by atoms with Crippen molar-refractivity contribution in [1.29, 1.82) is 0 Å². The summed E-state index contributed by atoms with van der Waals surface area (Å²) in [6.07, 6.45) is 1.01. The van der Waals surface area contributed by atoms with Crippen molar-refractivity contribution >= 4 is 12.0 Å². The number of aromatic hydroxyl groups is 2. The van der Waals surface area contributed by atoms with Gasteiger partial charge in [-0.3, -0.25) is 0 Å². The lowest BCUT2D eigenvalue weighted by atomic mass is 10.2. The van der Waals surface area contributed by atoms with Crippen molar-refractivity contribution < 1.29 is 30.0 Å². The predicted octanol–water partition coefficient (Wildman–Crippen LogP) is 0.355. The summed E-state index contributed by atoms with van der Waals surface area (Å²) in [4.78, 5) is 11.2. The minimum absolute atomic E-state index is 0.0560.